The maximum atomic E-state index is 3.35. The van der Waals surface area contributed by atoms with Crippen LogP contribution in [-0.4, -0.2) is 11.5 Å². The molecule has 0 saturated heterocycles. The van der Waals surface area contributed by atoms with Gasteiger partial charge in [-0.25, -0.2) is 0 Å². The minimum atomic E-state index is -2.03. The molecule has 0 heterocycles. The molecule has 0 unspecified atom stereocenters. The second-order valence-electron chi connectivity index (χ2n) is 0.429. The van der Waals surface area contributed by atoms with Crippen molar-refractivity contribution >= 4 is 83.5 Å². The van der Waals surface area contributed by atoms with Gasteiger partial charge in [-0.05, 0) is 0 Å². The Bertz CT molecular complexity index is 23.0. The van der Waals surface area contributed by atoms with Gasteiger partial charge in [0.2, 0.25) is 0 Å². The summed E-state index contributed by atoms with van der Waals surface area (Å²) in [7, 11) is 0. The third-order valence-electron chi connectivity index (χ3n) is 0. The third kappa shape index (κ3) is 25.6. The van der Waals surface area contributed by atoms with Crippen molar-refractivity contribution in [2.45, 2.75) is 0 Å². The van der Waals surface area contributed by atoms with Gasteiger partial charge < -0.3 is 0 Å². The molecule has 6 heteroatoms. The molecule has 0 fully saturated rings. The summed E-state index contributed by atoms with van der Waals surface area (Å²) in [4.78, 5) is 0. The van der Waals surface area contributed by atoms with Crippen LogP contribution < -0.4 is 0 Å². The van der Waals surface area contributed by atoms with E-state index in [0.717, 1.165) is 0 Å². The summed E-state index contributed by atoms with van der Waals surface area (Å²) in [5.74, 6) is 0. The Labute approximate surface area is 81.1 Å². The van der Waals surface area contributed by atoms with E-state index in [1.165, 1.54) is 0 Å². The molecule has 0 aromatic rings. The number of halogens is 5. The summed E-state index contributed by atoms with van der Waals surface area (Å²) in [6.07, 6.45) is 0. The van der Waals surface area contributed by atoms with Gasteiger partial charge in [0.05, 0.1) is 0 Å². The zero-order chi connectivity index (χ0) is 4.50. The van der Waals surface area contributed by atoms with E-state index in [9.17, 15) is 0 Å². The number of hydrogen-bond acceptors (Lipinski definition) is 0. The van der Waals surface area contributed by atoms with Crippen molar-refractivity contribution in [1.82, 2.24) is 0 Å². The standard InChI is InChI=1S/4BrH.HI.Pb/h5*1H;/q;;;;;+4/p-4. The summed E-state index contributed by atoms with van der Waals surface area (Å²) < 4.78 is 0. The van der Waals surface area contributed by atoms with Gasteiger partial charge in [0.15, 0.2) is 0 Å². The van der Waals surface area contributed by atoms with Gasteiger partial charge in [-0.15, -0.1) is 24.0 Å². The van der Waals surface area contributed by atoms with Crippen LogP contribution >= 0.6 is 71.9 Å². The van der Waals surface area contributed by atoms with Crippen molar-refractivity contribution in [3.8, 4) is 0 Å². The molecule has 0 rings (SSSR count). The Morgan fingerprint density at radius 3 is 0.833 bits per heavy atom. The predicted octanol–water partition coefficient (Wildman–Crippen LogP) is 3.62. The molecule has 0 aliphatic heterocycles. The van der Waals surface area contributed by atoms with Crippen molar-refractivity contribution < 1.29 is 0 Å². The molecular weight excluding hydrogens is 654 g/mol. The number of rotatable bonds is 0. The molecule has 0 bridgehead atoms. The maximum absolute atomic E-state index is 3.35. The van der Waals surface area contributed by atoms with Crippen molar-refractivity contribution in [1.29, 1.82) is 0 Å². The van der Waals surface area contributed by atoms with E-state index in [1.54, 1.807) is 0 Å². The van der Waals surface area contributed by atoms with E-state index in [0.29, 0.717) is 0 Å². The molecule has 0 aromatic carbocycles. The Morgan fingerprint density at radius 1 is 0.833 bits per heavy atom. The Morgan fingerprint density at radius 2 is 0.833 bits per heavy atom. The molecule has 0 aliphatic carbocycles. The van der Waals surface area contributed by atoms with E-state index in [1.807, 2.05) is 0 Å². The molecule has 0 amide bonds. The first-order valence-corrected chi connectivity index (χ1v) is 34.5. The number of hydrogen-bond donors (Lipinski definition) is 0. The quantitative estimate of drug-likeness (QED) is 0.277. The van der Waals surface area contributed by atoms with E-state index in [2.05, 4.69) is 47.9 Å². The van der Waals surface area contributed by atoms with Gasteiger partial charge in [0.25, 0.3) is 0 Å². The normalized spacial score (nSPS) is 10.0. The first-order valence-electron chi connectivity index (χ1n) is 0.756. The molecule has 40 valence electrons. The zero-order valence-corrected chi connectivity index (χ0v) is 15.0. The van der Waals surface area contributed by atoms with Gasteiger partial charge >= 0.3 is 59.5 Å². The summed E-state index contributed by atoms with van der Waals surface area (Å²) in [6, 6.07) is 0. The van der Waals surface area contributed by atoms with Gasteiger partial charge in [-0.1, -0.05) is 0 Å². The molecular formula is HBr4IPb. The van der Waals surface area contributed by atoms with Crippen LogP contribution in [0.4, 0.5) is 0 Å². The Balaban J connectivity index is 0. The molecule has 0 atom stereocenters. The molecule has 0 nitrogen and oxygen atoms in total. The van der Waals surface area contributed by atoms with Crippen LogP contribution in [0.5, 0.6) is 0 Å². The molecule has 6 heavy (non-hydrogen) atoms. The van der Waals surface area contributed by atoms with E-state index in [4.69, 9.17) is 0 Å². The van der Waals surface area contributed by atoms with Crippen molar-refractivity contribution in [2.24, 2.45) is 0 Å². The van der Waals surface area contributed by atoms with Crippen LogP contribution in [-0.2, 0) is 0 Å². The average Bonchev–Trinajstić information content (AvgIpc) is 0.722. The first-order chi connectivity index (χ1) is 2.00. The van der Waals surface area contributed by atoms with Crippen molar-refractivity contribution in [3.05, 3.63) is 0 Å². The van der Waals surface area contributed by atoms with Crippen molar-refractivity contribution in [2.75, 3.05) is 0 Å². The van der Waals surface area contributed by atoms with Crippen LogP contribution in [0, 0.1) is 0 Å². The molecule has 0 N–H and O–H groups in total. The Hall–Kier alpha value is 3.57. The second-order valence-corrected chi connectivity index (χ2v) is 102. The summed E-state index contributed by atoms with van der Waals surface area (Å²) in [5.41, 5.74) is 0. The van der Waals surface area contributed by atoms with Crippen LogP contribution in [0.3, 0.4) is 0 Å². The SMILES string of the molecule is I.[Br][Pb]([Br])([Br])[Br]. The summed E-state index contributed by atoms with van der Waals surface area (Å²) >= 11 is 11.4. The predicted molar refractivity (Wildman–Crippen MR) is 56.9 cm³/mol. The van der Waals surface area contributed by atoms with Gasteiger partial charge in [0, 0.05) is 0 Å². The third-order valence-corrected chi connectivity index (χ3v) is 0. The molecule has 0 aromatic heterocycles. The van der Waals surface area contributed by atoms with Gasteiger partial charge in [-0.2, -0.15) is 0 Å². The minimum absolute atomic E-state index is 0. The molecule has 0 spiro atoms. The van der Waals surface area contributed by atoms with Gasteiger partial charge in [0.1, 0.15) is 0 Å². The second kappa shape index (κ2) is 5.36. The van der Waals surface area contributed by atoms with Crippen LogP contribution in [0.1, 0.15) is 0 Å². The fraction of sp³-hybridized carbons (Fsp3) is 0. The molecule has 0 radical (unpaired) electrons. The van der Waals surface area contributed by atoms with E-state index >= 15 is 0 Å². The van der Waals surface area contributed by atoms with Crippen LogP contribution in [0.25, 0.3) is 0 Å². The monoisotopic (exact) mass is 652 g/mol. The fourth-order valence-corrected chi connectivity index (χ4v) is 0. The van der Waals surface area contributed by atoms with E-state index in [-0.39, 0.29) is 24.0 Å². The molecule has 0 saturated carbocycles. The van der Waals surface area contributed by atoms with Crippen molar-refractivity contribution in [3.63, 3.8) is 0 Å². The first kappa shape index (κ1) is 12.3. The van der Waals surface area contributed by atoms with Gasteiger partial charge in [-0.3, -0.25) is 0 Å². The summed E-state index contributed by atoms with van der Waals surface area (Å²) in [5, 5.41) is 0. The van der Waals surface area contributed by atoms with Crippen LogP contribution in [0.15, 0.2) is 0 Å². The molecule has 0 aliphatic rings. The van der Waals surface area contributed by atoms with E-state index < -0.39 is 11.5 Å². The Kier molecular flexibility index (Phi) is 11.0. The average molecular weight is 655 g/mol. The zero-order valence-electron chi connectivity index (χ0n) is 2.42. The van der Waals surface area contributed by atoms with Crippen LogP contribution in [0.2, 0.25) is 0 Å². The summed E-state index contributed by atoms with van der Waals surface area (Å²) in [6.45, 7) is 0. The fourth-order valence-electron chi connectivity index (χ4n) is 0. The topological polar surface area (TPSA) is 0 Å².